The molecule has 1 atom stereocenters. The van der Waals surface area contributed by atoms with Crippen LogP contribution in [0, 0.1) is 0 Å². The number of aliphatic carboxylic acids is 1. The number of nitrogens with one attached hydrogen (secondary N) is 1. The SMILES string of the molecule is CC(C)(C)OC(=O)N[C@H](CC(=O)[O-])Cc1csc2ccccc12. The molecule has 1 heterocycles. The summed E-state index contributed by atoms with van der Waals surface area (Å²) in [5.74, 6) is -1.20. The molecule has 0 radical (unpaired) electrons. The molecule has 0 aliphatic heterocycles. The van der Waals surface area contributed by atoms with Crippen LogP contribution in [-0.2, 0) is 16.0 Å². The van der Waals surface area contributed by atoms with Crippen molar-refractivity contribution in [2.45, 2.75) is 45.3 Å². The molecule has 0 saturated carbocycles. The molecule has 1 N–H and O–H groups in total. The summed E-state index contributed by atoms with van der Waals surface area (Å²) in [6.07, 6.45) is -0.469. The van der Waals surface area contributed by atoms with Crippen molar-refractivity contribution in [2.75, 3.05) is 0 Å². The number of hydrogen-bond donors (Lipinski definition) is 1. The van der Waals surface area contributed by atoms with Gasteiger partial charge in [-0.2, -0.15) is 0 Å². The van der Waals surface area contributed by atoms with Gasteiger partial charge in [0.1, 0.15) is 5.60 Å². The number of ether oxygens (including phenoxy) is 1. The summed E-state index contributed by atoms with van der Waals surface area (Å²) in [5.41, 5.74) is 0.374. The lowest BCUT2D eigenvalue weighted by Gasteiger charge is -2.24. The molecule has 23 heavy (non-hydrogen) atoms. The molecule has 5 nitrogen and oxygen atoms in total. The van der Waals surface area contributed by atoms with E-state index in [9.17, 15) is 14.7 Å². The Morgan fingerprint density at radius 3 is 2.65 bits per heavy atom. The highest BCUT2D eigenvalue weighted by atomic mass is 32.1. The van der Waals surface area contributed by atoms with Crippen LogP contribution in [0.1, 0.15) is 32.8 Å². The van der Waals surface area contributed by atoms with Gasteiger partial charge >= 0.3 is 6.09 Å². The van der Waals surface area contributed by atoms with Crippen LogP contribution in [0.2, 0.25) is 0 Å². The number of carbonyl (C=O) groups excluding carboxylic acids is 2. The van der Waals surface area contributed by atoms with Gasteiger partial charge < -0.3 is 20.0 Å². The van der Waals surface area contributed by atoms with Gasteiger partial charge in [-0.25, -0.2) is 4.79 Å². The molecule has 0 bridgehead atoms. The van der Waals surface area contributed by atoms with Gasteiger partial charge in [0.15, 0.2) is 0 Å². The Morgan fingerprint density at radius 1 is 1.30 bits per heavy atom. The Balaban J connectivity index is 2.12. The molecule has 0 saturated heterocycles. The maximum atomic E-state index is 11.9. The summed E-state index contributed by atoms with van der Waals surface area (Å²) in [6, 6.07) is 7.32. The lowest BCUT2D eigenvalue weighted by molar-refractivity contribution is -0.306. The molecule has 2 rings (SSSR count). The molecule has 0 aliphatic carbocycles. The van der Waals surface area contributed by atoms with Crippen molar-refractivity contribution in [3.8, 4) is 0 Å². The van der Waals surface area contributed by atoms with Crippen LogP contribution in [0.4, 0.5) is 4.79 Å². The normalized spacial score (nSPS) is 12.8. The van der Waals surface area contributed by atoms with Crippen molar-refractivity contribution in [1.82, 2.24) is 5.32 Å². The second-order valence-electron chi connectivity index (χ2n) is 6.38. The van der Waals surface area contributed by atoms with Gasteiger partial charge in [-0.3, -0.25) is 0 Å². The van der Waals surface area contributed by atoms with E-state index in [1.54, 1.807) is 32.1 Å². The fourth-order valence-corrected chi connectivity index (χ4v) is 3.28. The van der Waals surface area contributed by atoms with Crippen molar-refractivity contribution in [2.24, 2.45) is 0 Å². The van der Waals surface area contributed by atoms with Crippen LogP contribution in [0.15, 0.2) is 29.6 Å². The minimum Gasteiger partial charge on any atom is -0.550 e. The Labute approximate surface area is 139 Å². The van der Waals surface area contributed by atoms with Gasteiger partial charge in [0, 0.05) is 23.1 Å². The highest BCUT2D eigenvalue weighted by molar-refractivity contribution is 7.17. The first-order valence-corrected chi connectivity index (χ1v) is 8.27. The van der Waals surface area contributed by atoms with E-state index >= 15 is 0 Å². The number of carboxylic acid groups (broad SMARTS) is 1. The predicted octanol–water partition coefficient (Wildman–Crippen LogP) is 2.48. The number of carboxylic acids is 1. The summed E-state index contributed by atoms with van der Waals surface area (Å²) in [4.78, 5) is 22.9. The number of carbonyl (C=O) groups is 2. The number of amides is 1. The number of benzene rings is 1. The number of fused-ring (bicyclic) bond motifs is 1. The minimum atomic E-state index is -1.20. The Kier molecular flexibility index (Phi) is 5.26. The Morgan fingerprint density at radius 2 is 2.00 bits per heavy atom. The maximum Gasteiger partial charge on any atom is 0.407 e. The second-order valence-corrected chi connectivity index (χ2v) is 7.29. The van der Waals surface area contributed by atoms with Crippen LogP contribution in [0.25, 0.3) is 10.1 Å². The standard InChI is InChI=1S/C17H21NO4S/c1-17(2,3)22-16(21)18-12(9-15(19)20)8-11-10-23-14-7-5-4-6-13(11)14/h4-7,10,12H,8-9H2,1-3H3,(H,18,21)(H,19,20)/p-1/t12-/m0/s1. The molecule has 1 aromatic carbocycles. The average molecular weight is 334 g/mol. The summed E-state index contributed by atoms with van der Waals surface area (Å²) in [5, 5.41) is 16.7. The molecule has 0 spiro atoms. The quantitative estimate of drug-likeness (QED) is 0.911. The zero-order chi connectivity index (χ0) is 17.0. The van der Waals surface area contributed by atoms with Crippen LogP contribution in [0.5, 0.6) is 0 Å². The van der Waals surface area contributed by atoms with Gasteiger partial charge in [-0.05, 0) is 49.6 Å². The zero-order valence-electron chi connectivity index (χ0n) is 13.4. The third kappa shape index (κ3) is 5.25. The first-order chi connectivity index (χ1) is 10.7. The van der Waals surface area contributed by atoms with E-state index < -0.39 is 23.7 Å². The van der Waals surface area contributed by atoms with Crippen molar-refractivity contribution in [3.63, 3.8) is 0 Å². The summed E-state index contributed by atoms with van der Waals surface area (Å²) in [7, 11) is 0. The summed E-state index contributed by atoms with van der Waals surface area (Å²) in [6.45, 7) is 5.27. The lowest BCUT2D eigenvalue weighted by atomic mass is 10.0. The van der Waals surface area contributed by atoms with E-state index in [1.165, 1.54) is 0 Å². The first kappa shape index (κ1) is 17.3. The molecule has 1 aromatic heterocycles. The van der Waals surface area contributed by atoms with Gasteiger partial charge in [0.2, 0.25) is 0 Å². The third-order valence-electron chi connectivity index (χ3n) is 3.16. The smallest absolute Gasteiger partial charge is 0.407 e. The average Bonchev–Trinajstić information content (AvgIpc) is 2.79. The highest BCUT2D eigenvalue weighted by Gasteiger charge is 2.20. The first-order valence-electron chi connectivity index (χ1n) is 7.39. The summed E-state index contributed by atoms with van der Waals surface area (Å²) >= 11 is 1.60. The van der Waals surface area contributed by atoms with Gasteiger partial charge in [-0.15, -0.1) is 11.3 Å². The van der Waals surface area contributed by atoms with E-state index in [-0.39, 0.29) is 6.42 Å². The zero-order valence-corrected chi connectivity index (χ0v) is 14.2. The number of hydrogen-bond acceptors (Lipinski definition) is 5. The molecule has 124 valence electrons. The van der Waals surface area contributed by atoms with E-state index in [0.29, 0.717) is 6.42 Å². The molecule has 1 amide bonds. The van der Waals surface area contributed by atoms with Crippen LogP contribution in [-0.4, -0.2) is 23.7 Å². The molecular weight excluding hydrogens is 314 g/mol. The van der Waals surface area contributed by atoms with E-state index in [2.05, 4.69) is 5.32 Å². The van der Waals surface area contributed by atoms with Crippen LogP contribution in [0.3, 0.4) is 0 Å². The van der Waals surface area contributed by atoms with Crippen molar-refractivity contribution < 1.29 is 19.4 Å². The number of alkyl carbamates (subject to hydrolysis) is 1. The predicted molar refractivity (Wildman–Crippen MR) is 88.3 cm³/mol. The second kappa shape index (κ2) is 7.00. The fourth-order valence-electron chi connectivity index (χ4n) is 2.31. The van der Waals surface area contributed by atoms with Crippen LogP contribution >= 0.6 is 11.3 Å². The van der Waals surface area contributed by atoms with Gasteiger partial charge in [0.25, 0.3) is 0 Å². The molecular formula is C17H20NO4S-. The molecule has 0 fully saturated rings. The van der Waals surface area contributed by atoms with Gasteiger partial charge in [-0.1, -0.05) is 18.2 Å². The molecule has 0 unspecified atom stereocenters. The number of thiophene rings is 1. The summed E-state index contributed by atoms with van der Waals surface area (Å²) < 4.78 is 6.33. The molecule has 2 aromatic rings. The van der Waals surface area contributed by atoms with E-state index in [4.69, 9.17) is 4.74 Å². The lowest BCUT2D eigenvalue weighted by Crippen LogP contribution is -2.43. The maximum absolute atomic E-state index is 11.9. The third-order valence-corrected chi connectivity index (χ3v) is 4.17. The highest BCUT2D eigenvalue weighted by Crippen LogP contribution is 2.27. The van der Waals surface area contributed by atoms with Crippen molar-refractivity contribution in [1.29, 1.82) is 0 Å². The Bertz CT molecular complexity index is 702. The number of rotatable bonds is 5. The molecule has 6 heteroatoms. The van der Waals surface area contributed by atoms with E-state index in [0.717, 1.165) is 15.6 Å². The topological polar surface area (TPSA) is 78.5 Å². The largest absolute Gasteiger partial charge is 0.550 e. The van der Waals surface area contributed by atoms with E-state index in [1.807, 2.05) is 29.6 Å². The van der Waals surface area contributed by atoms with Gasteiger partial charge in [0.05, 0.1) is 0 Å². The van der Waals surface area contributed by atoms with Crippen molar-refractivity contribution in [3.05, 3.63) is 35.2 Å². The monoisotopic (exact) mass is 334 g/mol. The molecule has 0 aliphatic rings. The van der Waals surface area contributed by atoms with Crippen LogP contribution < -0.4 is 10.4 Å². The Hall–Kier alpha value is -2.08. The fraction of sp³-hybridized carbons (Fsp3) is 0.412. The minimum absolute atomic E-state index is 0.260. The van der Waals surface area contributed by atoms with Crippen molar-refractivity contribution >= 4 is 33.5 Å².